The Balaban J connectivity index is 2.31. The van der Waals surface area contributed by atoms with Crippen LogP contribution < -0.4 is 0 Å². The fraction of sp³-hybridized carbons (Fsp3) is 0.214. The van der Waals surface area contributed by atoms with Gasteiger partial charge in [0.25, 0.3) is 0 Å². The number of carbonyl (C=O) groups excluding carboxylic acids is 1. The van der Waals surface area contributed by atoms with Gasteiger partial charge in [0, 0.05) is 11.3 Å². The molecule has 18 heavy (non-hydrogen) atoms. The number of allylic oxidation sites excluding steroid dienone is 4. The maximum absolute atomic E-state index is 12.2. The Morgan fingerprint density at radius 1 is 1.28 bits per heavy atom. The lowest BCUT2D eigenvalue weighted by atomic mass is 9.92. The van der Waals surface area contributed by atoms with Gasteiger partial charge >= 0.3 is 0 Å². The van der Waals surface area contributed by atoms with Crippen LogP contribution in [0.25, 0.3) is 5.57 Å². The number of aryl methyl sites for hydroxylation is 1. The molecule has 3 rings (SSSR count). The summed E-state index contributed by atoms with van der Waals surface area (Å²) < 4.78 is 12.2. The van der Waals surface area contributed by atoms with Crippen LogP contribution in [0.4, 0.5) is 0 Å². The first-order chi connectivity index (χ1) is 8.58. The zero-order valence-corrected chi connectivity index (χ0v) is 11.0. The molecule has 0 saturated heterocycles. The van der Waals surface area contributed by atoms with Crippen LogP contribution in [0.15, 0.2) is 29.9 Å². The highest BCUT2D eigenvalue weighted by molar-refractivity contribution is 8.25. The zero-order chi connectivity index (χ0) is 12.9. The number of pyridine rings is 1. The van der Waals surface area contributed by atoms with Gasteiger partial charge in [0.1, 0.15) is 5.69 Å². The second-order valence-electron chi connectivity index (χ2n) is 4.60. The van der Waals surface area contributed by atoms with E-state index in [1.54, 1.807) is 0 Å². The van der Waals surface area contributed by atoms with Crippen LogP contribution in [0.2, 0.25) is 0 Å². The summed E-state index contributed by atoms with van der Waals surface area (Å²) in [5.41, 5.74) is 3.95. The van der Waals surface area contributed by atoms with Crippen LogP contribution in [0.5, 0.6) is 0 Å². The lowest BCUT2D eigenvalue weighted by Crippen LogP contribution is -2.19. The molecule has 1 aromatic rings. The molecule has 0 radical (unpaired) electrons. The van der Waals surface area contributed by atoms with E-state index in [4.69, 9.17) is 0 Å². The van der Waals surface area contributed by atoms with Gasteiger partial charge in [-0.15, -0.1) is 0 Å². The molecule has 0 bridgehead atoms. The van der Waals surface area contributed by atoms with Gasteiger partial charge in [-0.3, -0.25) is 4.79 Å². The van der Waals surface area contributed by atoms with Crippen molar-refractivity contribution in [2.75, 3.05) is 0 Å². The molecule has 92 valence electrons. The highest BCUT2D eigenvalue weighted by Crippen LogP contribution is 2.38. The van der Waals surface area contributed by atoms with Crippen LogP contribution in [-0.2, 0) is 0 Å². The molecule has 1 aliphatic carbocycles. The summed E-state index contributed by atoms with van der Waals surface area (Å²) in [4.78, 5) is 17.1. The third-order valence-electron chi connectivity index (χ3n) is 3.18. The molecule has 2 aliphatic rings. The van der Waals surface area contributed by atoms with Gasteiger partial charge in [0.05, 0.1) is 0 Å². The van der Waals surface area contributed by atoms with E-state index >= 15 is 0 Å². The minimum absolute atomic E-state index is 0.344. The highest BCUT2D eigenvalue weighted by Gasteiger charge is 2.26. The van der Waals surface area contributed by atoms with E-state index in [0.29, 0.717) is 12.1 Å². The molecule has 1 unspecified atom stereocenters. The van der Waals surface area contributed by atoms with Crippen molar-refractivity contribution < 1.29 is 9.35 Å². The predicted molar refractivity (Wildman–Crippen MR) is 73.0 cm³/mol. The molecule has 1 aliphatic heterocycles. The maximum Gasteiger partial charge on any atom is 0.219 e. The van der Waals surface area contributed by atoms with E-state index in [1.807, 2.05) is 38.1 Å². The largest absolute Gasteiger partial charge is 0.796 e. The van der Waals surface area contributed by atoms with Crippen LogP contribution >= 0.6 is 10.8 Å². The van der Waals surface area contributed by atoms with E-state index in [1.165, 1.54) is 0 Å². The summed E-state index contributed by atoms with van der Waals surface area (Å²) in [7, 11) is -1.59. The van der Waals surface area contributed by atoms with E-state index in [9.17, 15) is 9.35 Å². The van der Waals surface area contributed by atoms with Gasteiger partial charge < -0.3 is 4.55 Å². The fourth-order valence-electron chi connectivity index (χ4n) is 2.26. The van der Waals surface area contributed by atoms with Crippen molar-refractivity contribution in [1.82, 2.24) is 4.98 Å². The molecule has 0 amide bonds. The Morgan fingerprint density at radius 3 is 2.83 bits per heavy atom. The Bertz CT molecular complexity index is 668. The maximum atomic E-state index is 12.2. The molecule has 1 aromatic heterocycles. The van der Waals surface area contributed by atoms with Crippen molar-refractivity contribution in [1.29, 1.82) is 0 Å². The summed E-state index contributed by atoms with van der Waals surface area (Å²) in [5, 5.41) is -0.365. The molecular weight excluding hydrogens is 246 g/mol. The van der Waals surface area contributed by atoms with Gasteiger partial charge in [0.2, 0.25) is 5.12 Å². The van der Waals surface area contributed by atoms with Crippen LogP contribution in [0.3, 0.4) is 0 Å². The molecular formula is C14H12NO2S-. The van der Waals surface area contributed by atoms with Gasteiger partial charge in [-0.2, -0.15) is 10.8 Å². The minimum Gasteiger partial charge on any atom is -0.796 e. The van der Waals surface area contributed by atoms with Crippen molar-refractivity contribution in [2.45, 2.75) is 20.3 Å². The highest BCUT2D eigenvalue weighted by atomic mass is 32.2. The predicted octanol–water partition coefficient (Wildman–Crippen LogP) is 2.85. The summed E-state index contributed by atoms with van der Waals surface area (Å²) in [6.45, 7) is 3.81. The molecule has 0 fully saturated rings. The summed E-state index contributed by atoms with van der Waals surface area (Å²) >= 11 is 0. The van der Waals surface area contributed by atoms with Gasteiger partial charge in [-0.1, -0.05) is 23.8 Å². The number of aromatic nitrogens is 1. The van der Waals surface area contributed by atoms with Crippen LogP contribution in [0.1, 0.15) is 35.1 Å². The normalized spacial score (nSPS) is 22.1. The number of hydrogen-bond donors (Lipinski definition) is 0. The molecule has 1 atom stereocenters. The molecule has 0 spiro atoms. The first kappa shape index (κ1) is 11.6. The lowest BCUT2D eigenvalue weighted by molar-refractivity contribution is 0.107. The standard InChI is InChI=1S/C14H12NO2S/c1-8-3-5-10-11-6-4-9(2)15-13(11)14(16)18(17)12(10)7-8/h3-6H,7H2,1-2H3/q-1. The summed E-state index contributed by atoms with van der Waals surface area (Å²) in [5.74, 6) is 0. The summed E-state index contributed by atoms with van der Waals surface area (Å²) in [6, 6.07) is 3.77. The number of fused-ring (bicyclic) bond motifs is 3. The molecule has 0 saturated carbocycles. The van der Waals surface area contributed by atoms with Crippen molar-refractivity contribution in [2.24, 2.45) is 0 Å². The zero-order valence-electron chi connectivity index (χ0n) is 10.2. The molecule has 2 heterocycles. The van der Waals surface area contributed by atoms with Crippen LogP contribution in [0, 0.1) is 6.92 Å². The monoisotopic (exact) mass is 258 g/mol. The lowest BCUT2D eigenvalue weighted by Gasteiger charge is -2.30. The van der Waals surface area contributed by atoms with Crippen molar-refractivity contribution in [3.63, 3.8) is 0 Å². The van der Waals surface area contributed by atoms with Crippen LogP contribution in [-0.4, -0.2) is 19.5 Å². The van der Waals surface area contributed by atoms with Crippen molar-refractivity contribution >= 4 is 26.3 Å². The molecule has 0 aromatic carbocycles. The third kappa shape index (κ3) is 1.61. The SMILES string of the molecule is CC1=CC=C2C(=S([O-])C(=O)c3nc(C)ccc32)C1. The van der Waals surface area contributed by atoms with E-state index in [-0.39, 0.29) is 5.12 Å². The Kier molecular flexibility index (Phi) is 2.57. The van der Waals surface area contributed by atoms with E-state index in [0.717, 1.165) is 27.3 Å². The van der Waals surface area contributed by atoms with Crippen molar-refractivity contribution in [3.8, 4) is 0 Å². The Hall–Kier alpha value is -1.52. The second kappa shape index (κ2) is 4.00. The number of nitrogens with zero attached hydrogens (tertiary/aromatic N) is 1. The van der Waals surface area contributed by atoms with Gasteiger partial charge in [-0.05, 0) is 36.8 Å². The quantitative estimate of drug-likeness (QED) is 0.672. The summed E-state index contributed by atoms with van der Waals surface area (Å²) in [6.07, 6.45) is 4.56. The van der Waals surface area contributed by atoms with Gasteiger partial charge in [0.15, 0.2) is 0 Å². The average Bonchev–Trinajstić information content (AvgIpc) is 2.36. The number of hydrogen-bond acceptors (Lipinski definition) is 3. The topological polar surface area (TPSA) is 53.0 Å². The van der Waals surface area contributed by atoms with Gasteiger partial charge in [-0.25, -0.2) is 4.98 Å². The van der Waals surface area contributed by atoms with E-state index < -0.39 is 10.8 Å². The third-order valence-corrected chi connectivity index (χ3v) is 4.53. The Labute approximate surface area is 108 Å². The Morgan fingerprint density at radius 2 is 2.06 bits per heavy atom. The van der Waals surface area contributed by atoms with E-state index in [2.05, 4.69) is 4.98 Å². The molecule has 0 N–H and O–H groups in total. The first-order valence-corrected chi connectivity index (χ1v) is 6.90. The van der Waals surface area contributed by atoms with Crippen molar-refractivity contribution in [3.05, 3.63) is 46.8 Å². The number of carbonyl (C=O) groups is 1. The molecule has 4 heteroatoms. The second-order valence-corrected chi connectivity index (χ2v) is 6.00. The molecule has 3 nitrogen and oxygen atoms in total. The first-order valence-electron chi connectivity index (χ1n) is 5.75. The smallest absolute Gasteiger partial charge is 0.219 e. The minimum atomic E-state index is -1.59. The number of rotatable bonds is 0. The fourth-order valence-corrected chi connectivity index (χ4v) is 3.55. The average molecular weight is 258 g/mol.